The zero-order valence-corrected chi connectivity index (χ0v) is 17.0. The number of allylic oxidation sites excluding steroid dienone is 2. The summed E-state index contributed by atoms with van der Waals surface area (Å²) < 4.78 is 0. The number of rotatable bonds is 3. The average Bonchev–Trinajstić information content (AvgIpc) is 2.61. The molecule has 28 heavy (non-hydrogen) atoms. The van der Waals surface area contributed by atoms with Gasteiger partial charge in [-0.1, -0.05) is 45.0 Å². The van der Waals surface area contributed by atoms with Gasteiger partial charge in [0.25, 0.3) is 0 Å². The molecule has 1 aliphatic carbocycles. The summed E-state index contributed by atoms with van der Waals surface area (Å²) in [5.74, 6) is 0.608. The van der Waals surface area contributed by atoms with Gasteiger partial charge in [-0.2, -0.15) is 0 Å². The normalized spacial score (nSPS) is 20.7. The van der Waals surface area contributed by atoms with Crippen molar-refractivity contribution in [1.82, 2.24) is 0 Å². The lowest BCUT2D eigenvalue weighted by atomic mass is 9.73. The maximum Gasteiger partial charge on any atom is 0.185 e. The Bertz CT molecular complexity index is 830. The number of benzene rings is 2. The summed E-state index contributed by atoms with van der Waals surface area (Å²) in [5.41, 5.74) is 17.1. The van der Waals surface area contributed by atoms with Gasteiger partial charge in [0, 0.05) is 22.5 Å². The standard InChI is InChI=1S/C25H30N2O/c1-25(2,3)16-19-14-20(12-17-4-8-22(26)9-5-17)24(28)21(15-19)13-18-6-10-23(27)11-7-18/h4-13,19H,14-16,26-27H2,1-3H3. The number of nitrogen functional groups attached to an aromatic ring is 2. The predicted octanol–water partition coefficient (Wildman–Crippen LogP) is 5.73. The van der Waals surface area contributed by atoms with Crippen molar-refractivity contribution in [2.24, 2.45) is 11.3 Å². The first kappa shape index (κ1) is 19.9. The van der Waals surface area contributed by atoms with Crippen molar-refractivity contribution in [2.45, 2.75) is 40.0 Å². The van der Waals surface area contributed by atoms with Gasteiger partial charge < -0.3 is 11.5 Å². The first-order chi connectivity index (χ1) is 13.2. The van der Waals surface area contributed by atoms with Crippen LogP contribution < -0.4 is 11.5 Å². The number of nitrogens with two attached hydrogens (primary N) is 2. The third-order valence-corrected chi connectivity index (χ3v) is 5.06. The number of ketones is 1. The maximum atomic E-state index is 13.2. The highest BCUT2D eigenvalue weighted by atomic mass is 16.1. The molecule has 1 saturated carbocycles. The minimum atomic E-state index is 0.152. The van der Waals surface area contributed by atoms with Crippen LogP contribution in [0.2, 0.25) is 0 Å². The fourth-order valence-corrected chi connectivity index (χ4v) is 3.93. The van der Waals surface area contributed by atoms with Gasteiger partial charge in [0.05, 0.1) is 0 Å². The van der Waals surface area contributed by atoms with E-state index in [1.165, 1.54) is 0 Å². The van der Waals surface area contributed by atoms with Gasteiger partial charge in [-0.15, -0.1) is 0 Å². The molecule has 2 aromatic rings. The molecule has 0 atom stereocenters. The van der Waals surface area contributed by atoms with E-state index in [0.29, 0.717) is 5.92 Å². The highest BCUT2D eigenvalue weighted by molar-refractivity contribution is 6.14. The zero-order valence-electron chi connectivity index (χ0n) is 17.0. The molecule has 3 heteroatoms. The van der Waals surface area contributed by atoms with Gasteiger partial charge in [-0.3, -0.25) is 4.79 Å². The van der Waals surface area contributed by atoms with E-state index in [1.54, 1.807) is 0 Å². The van der Waals surface area contributed by atoms with Crippen LogP contribution in [0.15, 0.2) is 59.7 Å². The molecule has 146 valence electrons. The molecule has 1 fully saturated rings. The third-order valence-electron chi connectivity index (χ3n) is 5.06. The summed E-state index contributed by atoms with van der Waals surface area (Å²) in [5, 5.41) is 0. The average molecular weight is 375 g/mol. The van der Waals surface area contributed by atoms with Crippen molar-refractivity contribution in [3.05, 3.63) is 70.8 Å². The molecule has 0 saturated heterocycles. The molecule has 1 aliphatic rings. The quantitative estimate of drug-likeness (QED) is 0.532. The Morgan fingerprint density at radius 1 is 0.821 bits per heavy atom. The first-order valence-electron chi connectivity index (χ1n) is 9.86. The highest BCUT2D eigenvalue weighted by Crippen LogP contribution is 2.38. The van der Waals surface area contributed by atoms with E-state index in [-0.39, 0.29) is 11.2 Å². The molecule has 0 heterocycles. The van der Waals surface area contributed by atoms with Gasteiger partial charge in [-0.25, -0.2) is 0 Å². The van der Waals surface area contributed by atoms with Gasteiger partial charge in [-0.05, 0) is 78.1 Å². The number of carbonyl (C=O) groups excluding carboxylic acids is 1. The van der Waals surface area contributed by atoms with Crippen LogP contribution in [-0.2, 0) is 4.79 Å². The first-order valence-corrected chi connectivity index (χ1v) is 9.86. The minimum absolute atomic E-state index is 0.152. The van der Waals surface area contributed by atoms with E-state index in [0.717, 1.165) is 52.9 Å². The van der Waals surface area contributed by atoms with Crippen molar-refractivity contribution in [3.8, 4) is 0 Å². The van der Waals surface area contributed by atoms with Crippen LogP contribution in [0.4, 0.5) is 11.4 Å². The van der Waals surface area contributed by atoms with Crippen LogP contribution in [0.1, 0.15) is 51.2 Å². The maximum absolute atomic E-state index is 13.2. The molecular weight excluding hydrogens is 344 g/mol. The fourth-order valence-electron chi connectivity index (χ4n) is 3.93. The molecule has 0 unspecified atom stereocenters. The SMILES string of the molecule is CC(C)(C)CC1CC(=Cc2ccc(N)cc2)C(=O)C(=Cc2ccc(N)cc2)C1. The lowest BCUT2D eigenvalue weighted by molar-refractivity contribution is -0.113. The number of hydrogen-bond acceptors (Lipinski definition) is 3. The Kier molecular flexibility index (Phi) is 5.73. The van der Waals surface area contributed by atoms with Crippen LogP contribution in [0.5, 0.6) is 0 Å². The molecule has 4 N–H and O–H groups in total. The second-order valence-corrected chi connectivity index (χ2v) is 9.04. The lowest BCUT2D eigenvalue weighted by Gasteiger charge is -2.31. The van der Waals surface area contributed by atoms with E-state index in [9.17, 15) is 4.79 Å². The molecule has 0 amide bonds. The summed E-state index contributed by atoms with van der Waals surface area (Å²) in [6, 6.07) is 15.3. The Hall–Kier alpha value is -2.81. The molecular formula is C25H30N2O. The Morgan fingerprint density at radius 3 is 1.57 bits per heavy atom. The fraction of sp³-hybridized carbons (Fsp3) is 0.320. The van der Waals surface area contributed by atoms with Crippen LogP contribution in [0.25, 0.3) is 12.2 Å². The summed E-state index contributed by atoms with van der Waals surface area (Å²) >= 11 is 0. The van der Waals surface area contributed by atoms with Crippen LogP contribution in [0, 0.1) is 11.3 Å². The Morgan fingerprint density at radius 2 is 1.21 bits per heavy atom. The highest BCUT2D eigenvalue weighted by Gasteiger charge is 2.30. The summed E-state index contributed by atoms with van der Waals surface area (Å²) in [7, 11) is 0. The van der Waals surface area contributed by atoms with Crippen molar-refractivity contribution < 1.29 is 4.79 Å². The minimum Gasteiger partial charge on any atom is -0.399 e. The summed E-state index contributed by atoms with van der Waals surface area (Å²) in [6.07, 6.45) is 6.76. The second kappa shape index (κ2) is 8.05. The van der Waals surface area contributed by atoms with E-state index >= 15 is 0 Å². The zero-order chi connectivity index (χ0) is 20.3. The molecule has 0 radical (unpaired) electrons. The van der Waals surface area contributed by atoms with Crippen LogP contribution >= 0.6 is 0 Å². The summed E-state index contributed by atoms with van der Waals surface area (Å²) in [4.78, 5) is 13.2. The lowest BCUT2D eigenvalue weighted by Crippen LogP contribution is -2.23. The van der Waals surface area contributed by atoms with Crippen LogP contribution in [-0.4, -0.2) is 5.78 Å². The molecule has 0 spiro atoms. The smallest absolute Gasteiger partial charge is 0.185 e. The number of hydrogen-bond donors (Lipinski definition) is 2. The van der Waals surface area contributed by atoms with Crippen molar-refractivity contribution in [1.29, 1.82) is 0 Å². The number of carbonyl (C=O) groups is 1. The molecule has 0 aliphatic heterocycles. The third kappa shape index (κ3) is 5.35. The van der Waals surface area contributed by atoms with Gasteiger partial charge >= 0.3 is 0 Å². The molecule has 3 rings (SSSR count). The van der Waals surface area contributed by atoms with Gasteiger partial charge in [0.2, 0.25) is 0 Å². The topological polar surface area (TPSA) is 69.1 Å². The molecule has 3 nitrogen and oxygen atoms in total. The largest absolute Gasteiger partial charge is 0.399 e. The van der Waals surface area contributed by atoms with Crippen molar-refractivity contribution in [3.63, 3.8) is 0 Å². The van der Waals surface area contributed by atoms with E-state index in [4.69, 9.17) is 11.5 Å². The molecule has 2 aromatic carbocycles. The Labute approximate surface area is 168 Å². The number of anilines is 2. The number of Topliss-reactive ketones (excluding diaryl/α,β-unsaturated/α-hetero) is 1. The van der Waals surface area contributed by atoms with Gasteiger partial charge in [0.1, 0.15) is 0 Å². The molecule has 0 aromatic heterocycles. The molecule has 0 bridgehead atoms. The Balaban J connectivity index is 1.95. The van der Waals surface area contributed by atoms with E-state index in [2.05, 4.69) is 20.8 Å². The monoisotopic (exact) mass is 374 g/mol. The van der Waals surface area contributed by atoms with Crippen molar-refractivity contribution in [2.75, 3.05) is 11.5 Å². The van der Waals surface area contributed by atoms with Crippen molar-refractivity contribution >= 4 is 29.3 Å². The summed E-state index contributed by atoms with van der Waals surface area (Å²) in [6.45, 7) is 6.78. The predicted molar refractivity (Wildman–Crippen MR) is 119 cm³/mol. The van der Waals surface area contributed by atoms with E-state index < -0.39 is 0 Å². The van der Waals surface area contributed by atoms with Gasteiger partial charge in [0.15, 0.2) is 5.78 Å². The van der Waals surface area contributed by atoms with Crippen LogP contribution in [0.3, 0.4) is 0 Å². The second-order valence-electron chi connectivity index (χ2n) is 9.04. The van der Waals surface area contributed by atoms with E-state index in [1.807, 2.05) is 60.7 Å².